The number of nitrogens with two attached hydrogens (primary N) is 1. The summed E-state index contributed by atoms with van der Waals surface area (Å²) in [5, 5.41) is 9.61. The van der Waals surface area contributed by atoms with Crippen molar-refractivity contribution in [1.82, 2.24) is 0 Å². The minimum Gasteiger partial charge on any atom is -0.494 e. The van der Waals surface area contributed by atoms with Gasteiger partial charge in [0, 0.05) is 6.04 Å². The van der Waals surface area contributed by atoms with Crippen LogP contribution in [0.25, 0.3) is 0 Å². The fourth-order valence-corrected chi connectivity index (χ4v) is 1.16. The van der Waals surface area contributed by atoms with Crippen LogP contribution in [-0.2, 0) is 0 Å². The Bertz CT molecular complexity index is 315. The van der Waals surface area contributed by atoms with E-state index in [-0.39, 0.29) is 5.75 Å². The maximum Gasteiger partial charge on any atom is 0.165 e. The minimum atomic E-state index is -0.801. The van der Waals surface area contributed by atoms with E-state index in [0.717, 1.165) is 0 Å². The lowest BCUT2D eigenvalue weighted by Crippen LogP contribution is -2.24. The largest absolute Gasteiger partial charge is 0.494 e. The number of aliphatic hydroxyl groups is 1. The van der Waals surface area contributed by atoms with Crippen molar-refractivity contribution >= 4 is 0 Å². The van der Waals surface area contributed by atoms with Crippen molar-refractivity contribution in [3.63, 3.8) is 0 Å². The number of hydrogen-bond acceptors (Lipinski definition) is 3. The number of benzene rings is 1. The summed E-state index contributed by atoms with van der Waals surface area (Å²) in [6.07, 6.45) is -0.801. The van der Waals surface area contributed by atoms with E-state index in [2.05, 4.69) is 0 Å². The minimum absolute atomic E-state index is 0.113. The molecule has 1 aromatic carbocycles. The molecule has 2 atom stereocenters. The van der Waals surface area contributed by atoms with Crippen LogP contribution in [0, 0.1) is 5.82 Å². The Morgan fingerprint density at radius 2 is 2.14 bits per heavy atom. The maximum absolute atomic E-state index is 13.0. The van der Waals surface area contributed by atoms with Gasteiger partial charge in [0.15, 0.2) is 11.6 Å². The third-order valence-corrected chi connectivity index (χ3v) is 2.01. The molecule has 0 bridgehead atoms. The number of hydrogen-bond donors (Lipinski definition) is 2. The Kier molecular flexibility index (Phi) is 3.43. The normalized spacial score (nSPS) is 14.9. The van der Waals surface area contributed by atoms with Crippen LogP contribution in [0.3, 0.4) is 0 Å². The molecule has 4 heteroatoms. The van der Waals surface area contributed by atoms with Crippen molar-refractivity contribution in [3.8, 4) is 5.75 Å². The zero-order chi connectivity index (χ0) is 10.7. The maximum atomic E-state index is 13.0. The molecular formula is C10H14FNO2. The van der Waals surface area contributed by atoms with E-state index in [1.165, 1.54) is 25.3 Å². The van der Waals surface area contributed by atoms with Crippen molar-refractivity contribution in [3.05, 3.63) is 29.6 Å². The quantitative estimate of drug-likeness (QED) is 0.769. The average molecular weight is 199 g/mol. The van der Waals surface area contributed by atoms with Crippen molar-refractivity contribution in [2.24, 2.45) is 5.73 Å². The van der Waals surface area contributed by atoms with Gasteiger partial charge in [0.25, 0.3) is 0 Å². The summed E-state index contributed by atoms with van der Waals surface area (Å²) in [7, 11) is 1.38. The molecule has 0 aliphatic heterocycles. The number of ether oxygens (including phenoxy) is 1. The predicted octanol–water partition coefficient (Wildman–Crippen LogP) is 1.21. The van der Waals surface area contributed by atoms with E-state index < -0.39 is 18.0 Å². The van der Waals surface area contributed by atoms with Crippen molar-refractivity contribution < 1.29 is 14.2 Å². The molecule has 78 valence electrons. The first-order valence-electron chi connectivity index (χ1n) is 4.33. The van der Waals surface area contributed by atoms with Crippen molar-refractivity contribution in [1.29, 1.82) is 0 Å². The molecule has 0 aliphatic carbocycles. The first-order valence-corrected chi connectivity index (χ1v) is 4.33. The van der Waals surface area contributed by atoms with Gasteiger partial charge in [0.05, 0.1) is 13.2 Å². The van der Waals surface area contributed by atoms with Crippen molar-refractivity contribution in [2.45, 2.75) is 19.1 Å². The molecule has 3 nitrogen and oxygen atoms in total. The van der Waals surface area contributed by atoms with Gasteiger partial charge in [0.1, 0.15) is 0 Å². The lowest BCUT2D eigenvalue weighted by atomic mass is 10.0. The molecule has 14 heavy (non-hydrogen) atoms. The monoisotopic (exact) mass is 199 g/mol. The second kappa shape index (κ2) is 4.39. The smallest absolute Gasteiger partial charge is 0.165 e. The first-order chi connectivity index (χ1) is 6.56. The second-order valence-electron chi connectivity index (χ2n) is 3.20. The highest BCUT2D eigenvalue weighted by Crippen LogP contribution is 2.23. The molecule has 0 aromatic heterocycles. The number of methoxy groups -OCH3 is 1. The second-order valence-corrected chi connectivity index (χ2v) is 3.20. The van der Waals surface area contributed by atoms with E-state index in [4.69, 9.17) is 10.5 Å². The number of halogens is 1. The molecule has 0 heterocycles. The van der Waals surface area contributed by atoms with E-state index in [1.54, 1.807) is 6.92 Å². The summed E-state index contributed by atoms with van der Waals surface area (Å²) >= 11 is 0. The highest BCUT2D eigenvalue weighted by Gasteiger charge is 2.14. The molecule has 1 aromatic rings. The van der Waals surface area contributed by atoms with Gasteiger partial charge in [0.2, 0.25) is 0 Å². The van der Waals surface area contributed by atoms with Crippen LogP contribution in [0.15, 0.2) is 18.2 Å². The summed E-state index contributed by atoms with van der Waals surface area (Å²) in [5.41, 5.74) is 6.07. The summed E-state index contributed by atoms with van der Waals surface area (Å²) < 4.78 is 17.8. The van der Waals surface area contributed by atoms with E-state index in [0.29, 0.717) is 5.56 Å². The molecule has 1 rings (SSSR count). The first kappa shape index (κ1) is 10.9. The zero-order valence-electron chi connectivity index (χ0n) is 8.20. The van der Waals surface area contributed by atoms with E-state index in [1.807, 2.05) is 0 Å². The van der Waals surface area contributed by atoms with Crippen LogP contribution in [-0.4, -0.2) is 18.3 Å². The van der Waals surface area contributed by atoms with Crippen LogP contribution in [0.2, 0.25) is 0 Å². The van der Waals surface area contributed by atoms with Gasteiger partial charge in [-0.3, -0.25) is 0 Å². The molecule has 0 fully saturated rings. The van der Waals surface area contributed by atoms with Gasteiger partial charge in [-0.1, -0.05) is 6.07 Å². The molecule has 0 aliphatic rings. The van der Waals surface area contributed by atoms with Gasteiger partial charge in [-0.15, -0.1) is 0 Å². The molecule has 0 spiro atoms. The highest BCUT2D eigenvalue weighted by atomic mass is 19.1. The standard InChI is InChI=1S/C10H14FNO2/c1-6(12)10(13)7-3-4-8(11)9(5-7)14-2/h3-6,10,13H,12H2,1-2H3/t6-,10?/m1/s1. The van der Waals surface area contributed by atoms with Crippen LogP contribution in [0.1, 0.15) is 18.6 Å². The molecule has 0 amide bonds. The molecule has 0 saturated carbocycles. The van der Waals surface area contributed by atoms with Crippen molar-refractivity contribution in [2.75, 3.05) is 7.11 Å². The highest BCUT2D eigenvalue weighted by molar-refractivity contribution is 5.31. The molecule has 1 unspecified atom stereocenters. The average Bonchev–Trinajstić information content (AvgIpc) is 2.17. The Morgan fingerprint density at radius 1 is 1.50 bits per heavy atom. The van der Waals surface area contributed by atoms with E-state index >= 15 is 0 Å². The lowest BCUT2D eigenvalue weighted by molar-refractivity contribution is 0.153. The van der Waals surface area contributed by atoms with E-state index in [9.17, 15) is 9.50 Å². The number of rotatable bonds is 3. The Labute approximate surface area is 82.3 Å². The van der Waals surface area contributed by atoms with Gasteiger partial charge in [-0.05, 0) is 24.6 Å². The fourth-order valence-electron chi connectivity index (χ4n) is 1.16. The third kappa shape index (κ3) is 2.21. The predicted molar refractivity (Wildman–Crippen MR) is 51.6 cm³/mol. The van der Waals surface area contributed by atoms with Crippen LogP contribution in [0.5, 0.6) is 5.75 Å². The van der Waals surface area contributed by atoms with Gasteiger partial charge in [-0.2, -0.15) is 0 Å². The SMILES string of the molecule is COc1cc(C(O)[C@@H](C)N)ccc1F. The third-order valence-electron chi connectivity index (χ3n) is 2.01. The Balaban J connectivity index is 3.00. The van der Waals surface area contributed by atoms with Crippen LogP contribution >= 0.6 is 0 Å². The van der Waals surface area contributed by atoms with Gasteiger partial charge in [-0.25, -0.2) is 4.39 Å². The zero-order valence-corrected chi connectivity index (χ0v) is 8.20. The van der Waals surface area contributed by atoms with Crippen LogP contribution < -0.4 is 10.5 Å². The summed E-state index contributed by atoms with van der Waals surface area (Å²) in [4.78, 5) is 0. The molecule has 0 saturated heterocycles. The number of aliphatic hydroxyl groups excluding tert-OH is 1. The summed E-state index contributed by atoms with van der Waals surface area (Å²) in [6, 6.07) is 3.79. The Morgan fingerprint density at radius 3 is 2.64 bits per heavy atom. The lowest BCUT2D eigenvalue weighted by Gasteiger charge is -2.15. The molecule has 0 radical (unpaired) electrons. The molecule has 3 N–H and O–H groups in total. The summed E-state index contributed by atoms with van der Waals surface area (Å²) in [6.45, 7) is 1.68. The van der Waals surface area contributed by atoms with Gasteiger partial charge >= 0.3 is 0 Å². The Hall–Kier alpha value is -1.13. The molecular weight excluding hydrogens is 185 g/mol. The van der Waals surface area contributed by atoms with Crippen LogP contribution in [0.4, 0.5) is 4.39 Å². The van der Waals surface area contributed by atoms with Gasteiger partial charge < -0.3 is 15.6 Å². The topological polar surface area (TPSA) is 55.5 Å². The fraction of sp³-hybridized carbons (Fsp3) is 0.400. The summed E-state index contributed by atoms with van der Waals surface area (Å²) in [5.74, 6) is -0.338.